The van der Waals surface area contributed by atoms with Gasteiger partial charge >= 0.3 is 0 Å². The number of hydrogen-bond donors (Lipinski definition) is 1. The number of nitrogens with one attached hydrogen (secondary N) is 1. The van der Waals surface area contributed by atoms with Crippen molar-refractivity contribution in [3.05, 3.63) is 29.8 Å². The van der Waals surface area contributed by atoms with Crippen LogP contribution in [0.2, 0.25) is 0 Å². The smallest absolute Gasteiger partial charge is 0.211 e. The Labute approximate surface area is 120 Å². The van der Waals surface area contributed by atoms with Gasteiger partial charge in [0.15, 0.2) is 0 Å². The summed E-state index contributed by atoms with van der Waals surface area (Å²) in [5, 5.41) is 0.196. The molecule has 0 amide bonds. The molecule has 5 heteroatoms. The predicted octanol–water partition coefficient (Wildman–Crippen LogP) is 3.07. The summed E-state index contributed by atoms with van der Waals surface area (Å²) in [6.45, 7) is 2.30. The van der Waals surface area contributed by atoms with Gasteiger partial charge in [-0.2, -0.15) is 0 Å². The van der Waals surface area contributed by atoms with Gasteiger partial charge in [-0.15, -0.1) is 11.6 Å². The van der Waals surface area contributed by atoms with Gasteiger partial charge in [-0.1, -0.05) is 24.6 Å². The summed E-state index contributed by atoms with van der Waals surface area (Å²) >= 11 is 6.13. The number of aryl methyl sites for hydroxylation is 1. The molecule has 1 aliphatic rings. The van der Waals surface area contributed by atoms with Crippen LogP contribution in [0.1, 0.15) is 31.2 Å². The molecule has 0 radical (unpaired) electrons. The van der Waals surface area contributed by atoms with Gasteiger partial charge in [0.1, 0.15) is 0 Å². The first-order valence-corrected chi connectivity index (χ1v) is 8.60. The highest BCUT2D eigenvalue weighted by atomic mass is 35.5. The lowest BCUT2D eigenvalue weighted by Gasteiger charge is -2.25. The Hall–Kier alpha value is -0.580. The summed E-state index contributed by atoms with van der Waals surface area (Å²) in [7, 11) is -3.40. The minimum Gasteiger partial charge on any atom is -0.211 e. The fourth-order valence-corrected chi connectivity index (χ4v) is 4.34. The average Bonchev–Trinajstić information content (AvgIpc) is 2.37. The Morgan fingerprint density at radius 1 is 1.32 bits per heavy atom. The number of alkyl halides is 1. The van der Waals surface area contributed by atoms with E-state index in [1.165, 1.54) is 0 Å². The van der Waals surface area contributed by atoms with Crippen LogP contribution in [0.4, 0.5) is 0 Å². The standard InChI is InChI=1S/C14H20ClNO2S/c1-11-5-2-3-8-14(11)19(17,18)16-10-12-6-4-7-13(15)9-12/h2-3,5,8,12-13,16H,4,6-7,9-10H2,1H3. The molecular formula is C14H20ClNO2S. The van der Waals surface area contributed by atoms with E-state index in [-0.39, 0.29) is 5.38 Å². The third-order valence-corrected chi connectivity index (χ3v) is 5.64. The van der Waals surface area contributed by atoms with Crippen molar-refractivity contribution in [1.29, 1.82) is 0 Å². The summed E-state index contributed by atoms with van der Waals surface area (Å²) < 4.78 is 27.2. The van der Waals surface area contributed by atoms with Crippen molar-refractivity contribution in [2.45, 2.75) is 42.9 Å². The van der Waals surface area contributed by atoms with Crippen LogP contribution in [0.15, 0.2) is 29.2 Å². The Balaban J connectivity index is 2.00. The summed E-state index contributed by atoms with van der Waals surface area (Å²) in [4.78, 5) is 0.369. The van der Waals surface area contributed by atoms with E-state index in [0.717, 1.165) is 31.2 Å². The maximum Gasteiger partial charge on any atom is 0.240 e. The molecule has 0 aliphatic heterocycles. The van der Waals surface area contributed by atoms with Crippen molar-refractivity contribution in [3.63, 3.8) is 0 Å². The SMILES string of the molecule is Cc1ccccc1S(=O)(=O)NCC1CCCC(Cl)C1. The highest BCUT2D eigenvalue weighted by Crippen LogP contribution is 2.27. The van der Waals surface area contributed by atoms with Crippen molar-refractivity contribution < 1.29 is 8.42 Å². The molecule has 1 saturated carbocycles. The lowest BCUT2D eigenvalue weighted by molar-refractivity contribution is 0.361. The van der Waals surface area contributed by atoms with Crippen LogP contribution in [0.3, 0.4) is 0 Å². The summed E-state index contributed by atoms with van der Waals surface area (Å²) in [5.41, 5.74) is 0.772. The second-order valence-electron chi connectivity index (χ2n) is 5.25. The van der Waals surface area contributed by atoms with Crippen LogP contribution in [-0.2, 0) is 10.0 Å². The summed E-state index contributed by atoms with van der Waals surface area (Å²) in [5.74, 6) is 0.357. The number of hydrogen-bond acceptors (Lipinski definition) is 2. The highest BCUT2D eigenvalue weighted by molar-refractivity contribution is 7.89. The molecule has 19 heavy (non-hydrogen) atoms. The number of rotatable bonds is 4. The van der Waals surface area contributed by atoms with Gasteiger partial charge in [-0.25, -0.2) is 13.1 Å². The van der Waals surface area contributed by atoms with Crippen molar-refractivity contribution in [2.24, 2.45) is 5.92 Å². The Bertz CT molecular complexity index is 530. The first-order valence-electron chi connectivity index (χ1n) is 6.68. The zero-order chi connectivity index (χ0) is 13.9. The Morgan fingerprint density at radius 2 is 2.05 bits per heavy atom. The van der Waals surface area contributed by atoms with Gasteiger partial charge in [0.25, 0.3) is 0 Å². The number of halogens is 1. The highest BCUT2D eigenvalue weighted by Gasteiger charge is 2.23. The zero-order valence-corrected chi connectivity index (χ0v) is 12.7. The molecule has 0 bridgehead atoms. The van der Waals surface area contributed by atoms with E-state index >= 15 is 0 Å². The zero-order valence-electron chi connectivity index (χ0n) is 11.1. The van der Waals surface area contributed by atoms with E-state index in [1.54, 1.807) is 12.1 Å². The molecule has 0 heterocycles. The molecule has 1 aromatic carbocycles. The third kappa shape index (κ3) is 3.94. The quantitative estimate of drug-likeness (QED) is 0.869. The maximum absolute atomic E-state index is 12.2. The van der Waals surface area contributed by atoms with Crippen LogP contribution in [0.25, 0.3) is 0 Å². The Kier molecular flexibility index (Phi) is 4.87. The van der Waals surface area contributed by atoms with E-state index in [0.29, 0.717) is 17.4 Å². The van der Waals surface area contributed by atoms with Gasteiger partial charge in [0.05, 0.1) is 4.90 Å². The van der Waals surface area contributed by atoms with Crippen LogP contribution in [-0.4, -0.2) is 20.3 Å². The molecule has 1 N–H and O–H groups in total. The molecule has 0 aromatic heterocycles. The molecular weight excluding hydrogens is 282 g/mol. The minimum absolute atomic E-state index is 0.196. The minimum atomic E-state index is -3.40. The lowest BCUT2D eigenvalue weighted by Crippen LogP contribution is -2.32. The fourth-order valence-electron chi connectivity index (χ4n) is 2.57. The van der Waals surface area contributed by atoms with Gasteiger partial charge < -0.3 is 0 Å². The second kappa shape index (κ2) is 6.25. The number of benzene rings is 1. The first-order chi connectivity index (χ1) is 8.99. The van der Waals surface area contributed by atoms with Crippen molar-refractivity contribution in [3.8, 4) is 0 Å². The summed E-state index contributed by atoms with van der Waals surface area (Å²) in [6.07, 6.45) is 4.09. The van der Waals surface area contributed by atoms with Crippen molar-refractivity contribution >= 4 is 21.6 Å². The van der Waals surface area contributed by atoms with Gasteiger partial charge in [-0.3, -0.25) is 0 Å². The molecule has 0 saturated heterocycles. The molecule has 2 atom stereocenters. The van der Waals surface area contributed by atoms with Crippen molar-refractivity contribution in [2.75, 3.05) is 6.54 Å². The van der Waals surface area contributed by atoms with Crippen LogP contribution >= 0.6 is 11.6 Å². The van der Waals surface area contributed by atoms with Crippen LogP contribution < -0.4 is 4.72 Å². The molecule has 1 fully saturated rings. The van der Waals surface area contributed by atoms with Crippen molar-refractivity contribution in [1.82, 2.24) is 4.72 Å². The average molecular weight is 302 g/mol. The lowest BCUT2D eigenvalue weighted by atomic mass is 9.89. The topological polar surface area (TPSA) is 46.2 Å². The normalized spacial score (nSPS) is 24.3. The molecule has 3 nitrogen and oxygen atoms in total. The largest absolute Gasteiger partial charge is 0.240 e. The third-order valence-electron chi connectivity index (χ3n) is 3.66. The van der Waals surface area contributed by atoms with E-state index in [1.807, 2.05) is 19.1 Å². The molecule has 2 unspecified atom stereocenters. The molecule has 1 aliphatic carbocycles. The fraction of sp³-hybridized carbons (Fsp3) is 0.571. The second-order valence-corrected chi connectivity index (χ2v) is 7.60. The first kappa shape index (κ1) is 14.8. The Morgan fingerprint density at radius 3 is 2.74 bits per heavy atom. The van der Waals surface area contributed by atoms with Gasteiger partial charge in [0, 0.05) is 11.9 Å². The van der Waals surface area contributed by atoms with Gasteiger partial charge in [-0.05, 0) is 43.7 Å². The summed E-state index contributed by atoms with van der Waals surface area (Å²) in [6, 6.07) is 7.04. The van der Waals surface area contributed by atoms with E-state index in [4.69, 9.17) is 11.6 Å². The predicted molar refractivity (Wildman–Crippen MR) is 78.0 cm³/mol. The molecule has 1 aromatic rings. The van der Waals surface area contributed by atoms with Gasteiger partial charge in [0.2, 0.25) is 10.0 Å². The monoisotopic (exact) mass is 301 g/mol. The molecule has 106 valence electrons. The molecule has 2 rings (SSSR count). The molecule has 0 spiro atoms. The number of sulfonamides is 1. The van der Waals surface area contributed by atoms with E-state index in [9.17, 15) is 8.42 Å². The van der Waals surface area contributed by atoms with E-state index < -0.39 is 10.0 Å². The maximum atomic E-state index is 12.2. The van der Waals surface area contributed by atoms with E-state index in [2.05, 4.69) is 4.72 Å². The van der Waals surface area contributed by atoms with Crippen LogP contribution in [0.5, 0.6) is 0 Å². The van der Waals surface area contributed by atoms with Crippen LogP contribution in [0, 0.1) is 12.8 Å².